The quantitative estimate of drug-likeness (QED) is 0.662. The summed E-state index contributed by atoms with van der Waals surface area (Å²) in [6.45, 7) is 5.68. The summed E-state index contributed by atoms with van der Waals surface area (Å²) in [6, 6.07) is 0. The zero-order valence-corrected chi connectivity index (χ0v) is 12.4. The van der Waals surface area contributed by atoms with Crippen molar-refractivity contribution in [3.05, 3.63) is 0 Å². The van der Waals surface area contributed by atoms with E-state index < -0.39 is 0 Å². The summed E-state index contributed by atoms with van der Waals surface area (Å²) in [5, 5.41) is 0. The minimum atomic E-state index is 1.07. The van der Waals surface area contributed by atoms with Crippen molar-refractivity contribution in [2.24, 2.45) is 11.8 Å². The summed E-state index contributed by atoms with van der Waals surface area (Å²) in [7, 11) is 9.44. The van der Waals surface area contributed by atoms with Crippen LogP contribution in [0, 0.1) is 11.8 Å². The maximum absolute atomic E-state index is 2.51. The Morgan fingerprint density at radius 2 is 1.53 bits per heavy atom. The molecule has 2 atom stereocenters. The molecule has 17 heavy (non-hydrogen) atoms. The highest BCUT2D eigenvalue weighted by Gasteiger charge is 2.42. The van der Waals surface area contributed by atoms with E-state index in [0.29, 0.717) is 0 Å². The van der Waals surface area contributed by atoms with Gasteiger partial charge in [-0.2, -0.15) is 0 Å². The molecule has 0 aromatic heterocycles. The molecule has 0 bridgehead atoms. The zero-order valence-electron chi connectivity index (χ0n) is 12.4. The normalized spacial score (nSPS) is 38.1. The van der Waals surface area contributed by atoms with Crippen molar-refractivity contribution < 1.29 is 8.97 Å². The maximum Gasteiger partial charge on any atom is 0.0839 e. The summed E-state index contributed by atoms with van der Waals surface area (Å²) in [4.78, 5) is 0. The van der Waals surface area contributed by atoms with E-state index in [4.69, 9.17) is 0 Å². The van der Waals surface area contributed by atoms with Crippen LogP contribution in [0.5, 0.6) is 0 Å². The van der Waals surface area contributed by atoms with E-state index in [-0.39, 0.29) is 0 Å². The van der Waals surface area contributed by atoms with E-state index in [0.717, 1.165) is 16.3 Å². The second-order valence-corrected chi connectivity index (χ2v) is 7.88. The molecule has 1 aliphatic carbocycles. The van der Waals surface area contributed by atoms with Crippen LogP contribution in [0.4, 0.5) is 0 Å². The monoisotopic (exact) mass is 240 g/mol. The van der Waals surface area contributed by atoms with Crippen molar-refractivity contribution in [2.45, 2.75) is 32.1 Å². The number of nitrogens with zero attached hydrogens (tertiary/aromatic N) is 2. The lowest BCUT2D eigenvalue weighted by Gasteiger charge is -2.32. The molecule has 0 aromatic carbocycles. The first-order valence-corrected chi connectivity index (χ1v) is 7.52. The van der Waals surface area contributed by atoms with Gasteiger partial charge in [0.05, 0.1) is 54.4 Å². The smallest absolute Gasteiger partial charge is 0.0839 e. The fraction of sp³-hybridized carbons (Fsp3) is 1.00. The third-order valence-corrected chi connectivity index (χ3v) is 4.94. The molecule has 100 valence electrons. The number of hydrogen-bond donors (Lipinski definition) is 0. The van der Waals surface area contributed by atoms with Gasteiger partial charge in [0.1, 0.15) is 0 Å². The fourth-order valence-corrected chi connectivity index (χ4v) is 4.08. The molecule has 1 saturated heterocycles. The van der Waals surface area contributed by atoms with Crippen LogP contribution in [0.2, 0.25) is 0 Å². The standard InChI is InChI=1S/C15H32N2/c1-16(2,3)10-7-11-17(4)12-14-8-5-6-9-15(14)13-17/h14-15H,5-13H2,1-4H3/q+2. The van der Waals surface area contributed by atoms with Crippen LogP contribution in [0.3, 0.4) is 0 Å². The van der Waals surface area contributed by atoms with Crippen LogP contribution < -0.4 is 0 Å². The van der Waals surface area contributed by atoms with Crippen molar-refractivity contribution in [3.63, 3.8) is 0 Å². The van der Waals surface area contributed by atoms with Gasteiger partial charge in [-0.1, -0.05) is 12.8 Å². The van der Waals surface area contributed by atoms with E-state index in [2.05, 4.69) is 28.2 Å². The molecular weight excluding hydrogens is 208 g/mol. The van der Waals surface area contributed by atoms with E-state index in [9.17, 15) is 0 Å². The molecule has 2 aliphatic rings. The highest BCUT2D eigenvalue weighted by atomic mass is 15.4. The van der Waals surface area contributed by atoms with Gasteiger partial charge < -0.3 is 8.97 Å². The van der Waals surface area contributed by atoms with Crippen molar-refractivity contribution in [2.75, 3.05) is 54.4 Å². The SMILES string of the molecule is C[N+](C)(C)CCC[N+]1(C)CC2CCCCC2C1. The van der Waals surface area contributed by atoms with Gasteiger partial charge in [0.25, 0.3) is 0 Å². The molecule has 2 nitrogen and oxygen atoms in total. The van der Waals surface area contributed by atoms with Crippen LogP contribution in [0.25, 0.3) is 0 Å². The fourth-order valence-electron chi connectivity index (χ4n) is 4.08. The van der Waals surface area contributed by atoms with Gasteiger partial charge in [0.15, 0.2) is 0 Å². The number of likely N-dealkylation sites (tertiary alicyclic amines) is 1. The van der Waals surface area contributed by atoms with Crippen LogP contribution in [0.15, 0.2) is 0 Å². The van der Waals surface area contributed by atoms with Gasteiger partial charge in [0, 0.05) is 18.3 Å². The number of hydrogen-bond acceptors (Lipinski definition) is 0. The Labute approximate surface area is 108 Å². The topological polar surface area (TPSA) is 0 Å². The summed E-state index contributed by atoms with van der Waals surface area (Å²) >= 11 is 0. The van der Waals surface area contributed by atoms with Crippen LogP contribution in [0.1, 0.15) is 32.1 Å². The first kappa shape index (κ1) is 13.4. The second kappa shape index (κ2) is 4.89. The van der Waals surface area contributed by atoms with Crippen LogP contribution in [-0.2, 0) is 0 Å². The molecule has 2 heteroatoms. The Morgan fingerprint density at radius 3 is 2.00 bits per heavy atom. The summed E-state index contributed by atoms with van der Waals surface area (Å²) in [5.41, 5.74) is 0. The van der Waals surface area contributed by atoms with Crippen LogP contribution in [-0.4, -0.2) is 63.3 Å². The minimum absolute atomic E-state index is 1.07. The lowest BCUT2D eigenvalue weighted by atomic mass is 9.82. The molecule has 0 spiro atoms. The first-order valence-electron chi connectivity index (χ1n) is 7.52. The van der Waals surface area contributed by atoms with Gasteiger partial charge in [-0.15, -0.1) is 0 Å². The van der Waals surface area contributed by atoms with Gasteiger partial charge in [0.2, 0.25) is 0 Å². The number of quaternary nitrogens is 2. The molecule has 0 radical (unpaired) electrons. The molecule has 0 N–H and O–H groups in total. The second-order valence-electron chi connectivity index (χ2n) is 7.88. The molecule has 2 rings (SSSR count). The van der Waals surface area contributed by atoms with Crippen molar-refractivity contribution in [1.29, 1.82) is 0 Å². The highest BCUT2D eigenvalue weighted by molar-refractivity contribution is 4.80. The predicted octanol–water partition coefficient (Wildman–Crippen LogP) is 2.35. The van der Waals surface area contributed by atoms with E-state index >= 15 is 0 Å². The summed E-state index contributed by atoms with van der Waals surface area (Å²) in [5.74, 6) is 2.13. The third-order valence-electron chi connectivity index (χ3n) is 4.94. The van der Waals surface area contributed by atoms with Gasteiger partial charge in [-0.25, -0.2) is 0 Å². The summed E-state index contributed by atoms with van der Waals surface area (Å²) < 4.78 is 2.49. The van der Waals surface area contributed by atoms with Gasteiger partial charge in [-0.05, 0) is 12.8 Å². The van der Waals surface area contributed by atoms with E-state index in [1.807, 2.05) is 0 Å². The Hall–Kier alpha value is -0.0800. The Balaban J connectivity index is 1.80. The predicted molar refractivity (Wildman–Crippen MR) is 73.7 cm³/mol. The van der Waals surface area contributed by atoms with Crippen molar-refractivity contribution in [3.8, 4) is 0 Å². The lowest BCUT2D eigenvalue weighted by Crippen LogP contribution is -2.45. The van der Waals surface area contributed by atoms with Crippen LogP contribution >= 0.6 is 0 Å². The number of rotatable bonds is 4. The first-order chi connectivity index (χ1) is 7.88. The Morgan fingerprint density at radius 1 is 1.00 bits per heavy atom. The Kier molecular flexibility index (Phi) is 3.84. The Bertz CT molecular complexity index is 240. The van der Waals surface area contributed by atoms with Crippen molar-refractivity contribution >= 4 is 0 Å². The molecule has 0 aromatic rings. The summed E-state index contributed by atoms with van der Waals surface area (Å²) in [6.07, 6.45) is 7.43. The van der Waals surface area contributed by atoms with Gasteiger partial charge in [-0.3, -0.25) is 0 Å². The highest BCUT2D eigenvalue weighted by Crippen LogP contribution is 2.38. The lowest BCUT2D eigenvalue weighted by molar-refractivity contribution is -0.909. The number of fused-ring (bicyclic) bond motifs is 1. The molecule has 0 amide bonds. The average Bonchev–Trinajstić information content (AvgIpc) is 2.51. The molecule has 1 aliphatic heterocycles. The van der Waals surface area contributed by atoms with Gasteiger partial charge >= 0.3 is 0 Å². The zero-order chi connectivity index (χ0) is 12.5. The average molecular weight is 240 g/mol. The molecule has 1 saturated carbocycles. The molecular formula is C15H32N2+2. The largest absolute Gasteiger partial charge is 0.331 e. The van der Waals surface area contributed by atoms with Crippen molar-refractivity contribution in [1.82, 2.24) is 0 Å². The maximum atomic E-state index is 2.51. The molecule has 2 fully saturated rings. The molecule has 1 heterocycles. The third kappa shape index (κ3) is 3.69. The minimum Gasteiger partial charge on any atom is -0.331 e. The van der Waals surface area contributed by atoms with E-state index in [1.54, 1.807) is 0 Å². The van der Waals surface area contributed by atoms with E-state index in [1.165, 1.54) is 62.8 Å². The molecule has 2 unspecified atom stereocenters.